The highest BCUT2D eigenvalue weighted by molar-refractivity contribution is 5.59. The van der Waals surface area contributed by atoms with Crippen molar-refractivity contribution in [3.8, 4) is 11.9 Å². The summed E-state index contributed by atoms with van der Waals surface area (Å²) in [6.07, 6.45) is 3.85. The predicted octanol–water partition coefficient (Wildman–Crippen LogP) is 5.04. The molecule has 0 aliphatic rings. The van der Waals surface area contributed by atoms with Gasteiger partial charge in [0.05, 0.1) is 5.69 Å². The minimum absolute atomic E-state index is 0.00357. The Morgan fingerprint density at radius 1 is 1.12 bits per heavy atom. The Morgan fingerprint density at radius 3 is 2.42 bits per heavy atom. The molecule has 0 amide bonds. The van der Waals surface area contributed by atoms with Gasteiger partial charge in [0.1, 0.15) is 11.6 Å². The lowest BCUT2D eigenvalue weighted by atomic mass is 10.1. The number of pyridine rings is 1. The maximum Gasteiger partial charge on any atom is 0.271 e. The van der Waals surface area contributed by atoms with E-state index in [1.54, 1.807) is 6.92 Å². The van der Waals surface area contributed by atoms with E-state index in [1.165, 1.54) is 4.57 Å². The molecule has 26 heavy (non-hydrogen) atoms. The van der Waals surface area contributed by atoms with Gasteiger partial charge in [-0.2, -0.15) is 10.4 Å². The van der Waals surface area contributed by atoms with Gasteiger partial charge in [0.15, 0.2) is 5.69 Å². The molecule has 2 aromatic rings. The van der Waals surface area contributed by atoms with Crippen LogP contribution in [0.15, 0.2) is 39.3 Å². The lowest BCUT2D eigenvalue weighted by Gasteiger charge is -2.13. The van der Waals surface area contributed by atoms with Gasteiger partial charge in [0.25, 0.3) is 5.56 Å². The summed E-state index contributed by atoms with van der Waals surface area (Å²) >= 11 is 0. The van der Waals surface area contributed by atoms with Crippen LogP contribution >= 0.6 is 0 Å². The number of rotatable bonds is 7. The molecule has 0 saturated heterocycles. The number of aromatic hydroxyl groups is 1. The number of hydrogen-bond acceptors (Lipinski definition) is 5. The van der Waals surface area contributed by atoms with E-state index in [0.717, 1.165) is 31.2 Å². The topological polar surface area (TPSA) is 90.7 Å². The second-order valence-electron chi connectivity index (χ2n) is 6.34. The second kappa shape index (κ2) is 8.95. The van der Waals surface area contributed by atoms with Crippen LogP contribution in [-0.2, 0) is 6.54 Å². The maximum absolute atomic E-state index is 12.5. The Labute approximate surface area is 153 Å². The van der Waals surface area contributed by atoms with E-state index < -0.39 is 5.56 Å². The van der Waals surface area contributed by atoms with Crippen molar-refractivity contribution in [2.24, 2.45) is 10.2 Å². The number of hydrogen-bond donors (Lipinski definition) is 1. The van der Waals surface area contributed by atoms with E-state index in [-0.39, 0.29) is 17.1 Å². The van der Waals surface area contributed by atoms with E-state index in [1.807, 2.05) is 37.3 Å². The summed E-state index contributed by atoms with van der Waals surface area (Å²) in [7, 11) is 0. The van der Waals surface area contributed by atoms with Gasteiger partial charge >= 0.3 is 0 Å². The molecule has 136 valence electrons. The number of azo groups is 1. The molecule has 0 atom stereocenters. The third kappa shape index (κ3) is 4.37. The monoisotopic (exact) mass is 352 g/mol. The van der Waals surface area contributed by atoms with Gasteiger partial charge in [0, 0.05) is 12.1 Å². The largest absolute Gasteiger partial charge is 0.493 e. The van der Waals surface area contributed by atoms with E-state index >= 15 is 0 Å². The van der Waals surface area contributed by atoms with Crippen molar-refractivity contribution >= 4 is 11.4 Å². The molecule has 0 radical (unpaired) electrons. The molecule has 0 spiro atoms. The molecule has 0 aliphatic carbocycles. The van der Waals surface area contributed by atoms with Crippen molar-refractivity contribution in [1.82, 2.24) is 4.57 Å². The molecular weight excluding hydrogens is 328 g/mol. The van der Waals surface area contributed by atoms with Crippen LogP contribution in [0.3, 0.4) is 0 Å². The summed E-state index contributed by atoms with van der Waals surface area (Å²) < 4.78 is 1.23. The van der Waals surface area contributed by atoms with Crippen LogP contribution in [0.25, 0.3) is 0 Å². The van der Waals surface area contributed by atoms with Gasteiger partial charge in [0.2, 0.25) is 5.88 Å². The number of aryl methyl sites for hydroxylation is 1. The highest BCUT2D eigenvalue weighted by Gasteiger charge is 2.18. The molecule has 0 saturated carbocycles. The summed E-state index contributed by atoms with van der Waals surface area (Å²) in [6, 6.07) is 9.39. The van der Waals surface area contributed by atoms with Crippen molar-refractivity contribution in [2.75, 3.05) is 0 Å². The van der Waals surface area contributed by atoms with Crippen LogP contribution in [0.2, 0.25) is 0 Å². The number of nitriles is 1. The van der Waals surface area contributed by atoms with Gasteiger partial charge in [-0.15, -0.1) is 5.11 Å². The Morgan fingerprint density at radius 2 is 1.81 bits per heavy atom. The van der Waals surface area contributed by atoms with E-state index in [0.29, 0.717) is 17.8 Å². The van der Waals surface area contributed by atoms with Crippen molar-refractivity contribution in [3.63, 3.8) is 0 Å². The Bertz CT molecular complexity index is 890. The van der Waals surface area contributed by atoms with Crippen molar-refractivity contribution in [1.29, 1.82) is 5.26 Å². The predicted molar refractivity (Wildman–Crippen MR) is 101 cm³/mol. The third-order valence-electron chi connectivity index (χ3n) is 4.30. The summed E-state index contributed by atoms with van der Waals surface area (Å²) in [4.78, 5) is 12.5. The first kappa shape index (κ1) is 19.4. The molecule has 1 heterocycles. The van der Waals surface area contributed by atoms with Crippen LogP contribution < -0.4 is 5.56 Å². The molecule has 0 unspecified atom stereocenters. The number of aromatic nitrogens is 1. The zero-order valence-electron chi connectivity index (χ0n) is 15.5. The fourth-order valence-corrected chi connectivity index (χ4v) is 2.68. The van der Waals surface area contributed by atoms with Crippen molar-refractivity contribution < 1.29 is 5.11 Å². The van der Waals surface area contributed by atoms with E-state index in [2.05, 4.69) is 17.2 Å². The van der Waals surface area contributed by atoms with Gasteiger partial charge in [-0.1, -0.05) is 43.9 Å². The van der Waals surface area contributed by atoms with Crippen LogP contribution in [0.5, 0.6) is 5.88 Å². The first-order valence-electron chi connectivity index (χ1n) is 8.84. The maximum atomic E-state index is 12.5. The van der Waals surface area contributed by atoms with Crippen molar-refractivity contribution in [3.05, 3.63) is 51.3 Å². The summed E-state index contributed by atoms with van der Waals surface area (Å²) in [5.41, 5.74) is 1.77. The van der Waals surface area contributed by atoms with Crippen LogP contribution in [0, 0.1) is 25.2 Å². The number of nitrogens with zero attached hydrogens (tertiary/aromatic N) is 4. The van der Waals surface area contributed by atoms with E-state index in [9.17, 15) is 15.2 Å². The first-order chi connectivity index (χ1) is 12.5. The standard InChI is InChI=1S/C20H24N4O2/c1-4-5-6-7-12-24-19(25)17(13-21)15(3)18(20(24)26)23-22-16-10-8-14(2)9-11-16/h8-11,26H,4-7,12H2,1-3H3. The Kier molecular flexibility index (Phi) is 6.67. The minimum atomic E-state index is -0.478. The Balaban J connectivity index is 2.42. The molecule has 6 nitrogen and oxygen atoms in total. The smallest absolute Gasteiger partial charge is 0.271 e. The minimum Gasteiger partial charge on any atom is -0.493 e. The molecule has 2 rings (SSSR count). The van der Waals surface area contributed by atoms with Crippen molar-refractivity contribution in [2.45, 2.75) is 53.0 Å². The third-order valence-corrected chi connectivity index (χ3v) is 4.30. The molecule has 0 bridgehead atoms. The van der Waals surface area contributed by atoms with E-state index in [4.69, 9.17) is 0 Å². The highest BCUT2D eigenvalue weighted by Crippen LogP contribution is 2.32. The van der Waals surface area contributed by atoms with Gasteiger partial charge < -0.3 is 5.11 Å². The normalized spacial score (nSPS) is 11.0. The van der Waals surface area contributed by atoms with Gasteiger partial charge in [-0.3, -0.25) is 9.36 Å². The zero-order chi connectivity index (χ0) is 19.1. The highest BCUT2D eigenvalue weighted by atomic mass is 16.3. The lowest BCUT2D eigenvalue weighted by molar-refractivity contribution is 0.399. The summed E-state index contributed by atoms with van der Waals surface area (Å²) in [6.45, 7) is 6.04. The molecule has 1 aromatic heterocycles. The number of benzene rings is 1. The molecule has 6 heteroatoms. The van der Waals surface area contributed by atoms with Gasteiger partial charge in [-0.25, -0.2) is 0 Å². The van der Waals surface area contributed by atoms with Crippen LogP contribution in [-0.4, -0.2) is 9.67 Å². The zero-order valence-corrected chi connectivity index (χ0v) is 15.5. The molecule has 0 aliphatic heterocycles. The first-order valence-corrected chi connectivity index (χ1v) is 8.84. The fourth-order valence-electron chi connectivity index (χ4n) is 2.68. The average molecular weight is 352 g/mol. The molecular formula is C20H24N4O2. The second-order valence-corrected chi connectivity index (χ2v) is 6.34. The summed E-state index contributed by atoms with van der Waals surface area (Å²) in [5.74, 6) is -0.237. The van der Waals surface area contributed by atoms with Gasteiger partial charge in [-0.05, 0) is 32.4 Å². The molecule has 1 N–H and O–H groups in total. The number of unbranched alkanes of at least 4 members (excludes halogenated alkanes) is 3. The van der Waals surface area contributed by atoms with Crippen LogP contribution in [0.4, 0.5) is 11.4 Å². The van der Waals surface area contributed by atoms with Crippen LogP contribution in [0.1, 0.15) is 49.3 Å². The lowest BCUT2D eigenvalue weighted by Crippen LogP contribution is -2.24. The summed E-state index contributed by atoms with van der Waals surface area (Å²) in [5, 5.41) is 28.2. The Hall–Kier alpha value is -2.94. The quantitative estimate of drug-likeness (QED) is 0.559. The average Bonchev–Trinajstić information content (AvgIpc) is 2.63. The SMILES string of the molecule is CCCCCCn1c(O)c(N=Nc2ccc(C)cc2)c(C)c(C#N)c1=O. The molecule has 1 aromatic carbocycles. The molecule has 0 fully saturated rings. The fraction of sp³-hybridized carbons (Fsp3) is 0.400.